The number of anilines is 1. The first-order valence-corrected chi connectivity index (χ1v) is 8.17. The first-order chi connectivity index (χ1) is 11.9. The van der Waals surface area contributed by atoms with Crippen LogP contribution in [0.15, 0.2) is 21.8 Å². The lowest BCUT2D eigenvalue weighted by Crippen LogP contribution is -2.27. The van der Waals surface area contributed by atoms with Crippen LogP contribution in [0, 0.1) is 6.92 Å². The summed E-state index contributed by atoms with van der Waals surface area (Å²) in [5.41, 5.74) is 7.16. The van der Waals surface area contributed by atoms with E-state index in [1.807, 2.05) is 0 Å². The summed E-state index contributed by atoms with van der Waals surface area (Å²) in [7, 11) is 1.64. The van der Waals surface area contributed by atoms with Gasteiger partial charge in [-0.15, -0.1) is 11.3 Å². The molecule has 130 valence electrons. The molecular formula is C15H15N5O4S. The molecule has 0 saturated carbocycles. The van der Waals surface area contributed by atoms with Crippen molar-refractivity contribution in [3.8, 4) is 0 Å². The predicted octanol–water partition coefficient (Wildman–Crippen LogP) is 0.615. The van der Waals surface area contributed by atoms with Crippen LogP contribution in [0.4, 0.5) is 11.6 Å². The number of nitrogen functional groups attached to an aromatic ring is 1. The van der Waals surface area contributed by atoms with Gasteiger partial charge in [-0.25, -0.2) is 14.8 Å². The molecule has 0 saturated heterocycles. The van der Waals surface area contributed by atoms with Gasteiger partial charge < -0.3 is 15.6 Å². The summed E-state index contributed by atoms with van der Waals surface area (Å²) < 4.78 is 11.3. The van der Waals surface area contributed by atoms with Crippen LogP contribution < -0.4 is 15.5 Å². The molecule has 0 amide bonds. The van der Waals surface area contributed by atoms with E-state index in [0.29, 0.717) is 15.9 Å². The van der Waals surface area contributed by atoms with Crippen molar-refractivity contribution in [2.75, 3.05) is 12.3 Å². The van der Waals surface area contributed by atoms with Crippen LogP contribution in [0.1, 0.15) is 27.9 Å². The number of pyridine rings is 1. The quantitative estimate of drug-likeness (QED) is 0.312. The maximum Gasteiger partial charge on any atom is 0.338 e. The Morgan fingerprint density at radius 1 is 1.56 bits per heavy atom. The fourth-order valence-electron chi connectivity index (χ4n) is 2.29. The first kappa shape index (κ1) is 16.8. The number of esters is 1. The standard InChI is InChI=1S/C15H15N5O4S/c1-4-23-15(22)8-5-7(2)17-14-10(8)11(16)12(25-14)13(21)18-9-6-20(3)19-24-9/h5-6H,4H2,1-3H3,(H2-,16,18,19,21). The molecule has 0 aliphatic rings. The van der Waals surface area contributed by atoms with E-state index >= 15 is 0 Å². The molecule has 0 bridgehead atoms. The summed E-state index contributed by atoms with van der Waals surface area (Å²) in [4.78, 5) is 21.0. The van der Waals surface area contributed by atoms with Gasteiger partial charge in [-0.1, -0.05) is 4.68 Å². The number of ether oxygens (including phenoxy) is 1. The number of aliphatic imine (C=N–C) groups is 1. The normalized spacial score (nSPS) is 11.9. The average Bonchev–Trinajstić information content (AvgIpc) is 3.10. The summed E-state index contributed by atoms with van der Waals surface area (Å²) in [5, 5.41) is 16.4. The Balaban J connectivity index is 2.15. The smallest absolute Gasteiger partial charge is 0.338 e. The molecule has 9 nitrogen and oxygen atoms in total. The molecule has 0 unspecified atom stereocenters. The fourth-order valence-corrected chi connectivity index (χ4v) is 3.34. The van der Waals surface area contributed by atoms with Gasteiger partial charge in [0.1, 0.15) is 4.83 Å². The van der Waals surface area contributed by atoms with E-state index in [1.165, 1.54) is 10.9 Å². The lowest BCUT2D eigenvalue weighted by atomic mass is 10.1. The number of nitrogens with two attached hydrogens (primary N) is 1. The summed E-state index contributed by atoms with van der Waals surface area (Å²) in [6.07, 6.45) is 1.45. The minimum Gasteiger partial charge on any atom is -0.857 e. The third-order valence-electron chi connectivity index (χ3n) is 3.29. The lowest BCUT2D eigenvalue weighted by molar-refractivity contribution is -0.739. The van der Waals surface area contributed by atoms with Crippen molar-refractivity contribution in [2.45, 2.75) is 13.8 Å². The van der Waals surface area contributed by atoms with Crippen molar-refractivity contribution in [1.82, 2.24) is 10.3 Å². The van der Waals surface area contributed by atoms with Gasteiger partial charge in [0.2, 0.25) is 0 Å². The molecule has 3 aromatic rings. The number of hydrogen-bond donors (Lipinski definition) is 1. The Labute approximate surface area is 146 Å². The minimum atomic E-state index is -0.593. The molecule has 0 fully saturated rings. The number of hydrogen-bond acceptors (Lipinski definition) is 9. The van der Waals surface area contributed by atoms with Gasteiger partial charge in [0.15, 0.2) is 12.3 Å². The number of carbonyl (C=O) groups excluding carboxylic acids is 1. The maximum absolute atomic E-state index is 12.4. The number of rotatable bonds is 4. The second kappa shape index (κ2) is 6.48. The van der Waals surface area contributed by atoms with Crippen LogP contribution >= 0.6 is 11.3 Å². The molecule has 0 aliphatic carbocycles. The zero-order valence-electron chi connectivity index (χ0n) is 13.8. The van der Waals surface area contributed by atoms with Gasteiger partial charge in [0, 0.05) is 17.0 Å². The van der Waals surface area contributed by atoms with Gasteiger partial charge in [0.25, 0.3) is 6.20 Å². The third kappa shape index (κ3) is 3.15. The zero-order valence-corrected chi connectivity index (χ0v) is 14.6. The van der Waals surface area contributed by atoms with Crippen LogP contribution in [0.3, 0.4) is 0 Å². The molecule has 0 spiro atoms. The largest absolute Gasteiger partial charge is 0.857 e. The third-order valence-corrected chi connectivity index (χ3v) is 4.38. The number of fused-ring (bicyclic) bond motifs is 1. The summed E-state index contributed by atoms with van der Waals surface area (Å²) in [6.45, 7) is 3.69. The Kier molecular flexibility index (Phi) is 4.36. The van der Waals surface area contributed by atoms with Gasteiger partial charge in [-0.3, -0.25) is 4.52 Å². The molecule has 25 heavy (non-hydrogen) atoms. The molecule has 3 aromatic heterocycles. The van der Waals surface area contributed by atoms with Crippen molar-refractivity contribution >= 4 is 45.0 Å². The fraction of sp³-hybridized carbons (Fsp3) is 0.267. The number of thiophene rings is 1. The van der Waals surface area contributed by atoms with Crippen LogP contribution in [0.2, 0.25) is 0 Å². The Morgan fingerprint density at radius 2 is 2.32 bits per heavy atom. The van der Waals surface area contributed by atoms with E-state index in [0.717, 1.165) is 11.3 Å². The van der Waals surface area contributed by atoms with Crippen LogP contribution in [0.5, 0.6) is 0 Å². The highest BCUT2D eigenvalue weighted by Crippen LogP contribution is 2.35. The van der Waals surface area contributed by atoms with E-state index in [1.54, 1.807) is 27.0 Å². The molecule has 3 rings (SSSR count). The summed E-state index contributed by atoms with van der Waals surface area (Å²) in [5.74, 6) is -1.05. The number of nitrogens with zero attached hydrogens (tertiary/aromatic N) is 4. The molecule has 0 radical (unpaired) electrons. The molecule has 0 aromatic carbocycles. The SMILES string of the molecule is CCOC(=O)c1cc(C)nc2sc(/C([O-])=N/c3c[n+](C)no3)c(N)c12. The first-order valence-electron chi connectivity index (χ1n) is 7.36. The second-order valence-electron chi connectivity index (χ2n) is 5.19. The van der Waals surface area contributed by atoms with E-state index in [2.05, 4.69) is 15.2 Å². The minimum absolute atomic E-state index is 0.0547. The molecule has 3 heterocycles. The lowest BCUT2D eigenvalue weighted by Gasteiger charge is -2.08. The predicted molar refractivity (Wildman–Crippen MR) is 88.6 cm³/mol. The van der Waals surface area contributed by atoms with Gasteiger partial charge in [-0.05, 0) is 19.9 Å². The molecule has 10 heteroatoms. The van der Waals surface area contributed by atoms with Crippen molar-refractivity contribution in [1.29, 1.82) is 0 Å². The van der Waals surface area contributed by atoms with Crippen molar-refractivity contribution in [3.05, 3.63) is 28.4 Å². The van der Waals surface area contributed by atoms with E-state index in [4.69, 9.17) is 15.0 Å². The van der Waals surface area contributed by atoms with Crippen LogP contribution in [-0.2, 0) is 11.8 Å². The summed E-state index contributed by atoms with van der Waals surface area (Å²) in [6, 6.07) is 1.59. The molecule has 2 N–H and O–H groups in total. The van der Waals surface area contributed by atoms with Crippen molar-refractivity contribution < 1.29 is 23.8 Å². The highest BCUT2D eigenvalue weighted by molar-refractivity contribution is 7.21. The maximum atomic E-state index is 12.4. The zero-order chi connectivity index (χ0) is 18.1. The van der Waals surface area contributed by atoms with Gasteiger partial charge >= 0.3 is 11.9 Å². The van der Waals surface area contributed by atoms with E-state index in [9.17, 15) is 9.90 Å². The Bertz CT molecular complexity index is 991. The highest BCUT2D eigenvalue weighted by atomic mass is 32.1. The molecular weight excluding hydrogens is 346 g/mol. The molecule has 0 aliphatic heterocycles. The topological polar surface area (TPSA) is 131 Å². The van der Waals surface area contributed by atoms with Gasteiger partial charge in [-0.2, -0.15) is 0 Å². The van der Waals surface area contributed by atoms with Gasteiger partial charge in [0.05, 0.1) is 22.7 Å². The van der Waals surface area contributed by atoms with Crippen molar-refractivity contribution in [2.24, 2.45) is 12.0 Å². The van der Waals surface area contributed by atoms with Crippen LogP contribution in [0.25, 0.3) is 10.2 Å². The Morgan fingerprint density at radius 3 is 2.96 bits per heavy atom. The van der Waals surface area contributed by atoms with Crippen molar-refractivity contribution in [3.63, 3.8) is 0 Å². The van der Waals surface area contributed by atoms with E-state index in [-0.39, 0.29) is 28.6 Å². The second-order valence-corrected chi connectivity index (χ2v) is 6.19. The number of carbonyl (C=O) groups is 1. The number of aryl methyl sites for hydroxylation is 2. The average molecular weight is 361 g/mol. The molecule has 0 atom stereocenters. The summed E-state index contributed by atoms with van der Waals surface area (Å²) >= 11 is 1.07. The van der Waals surface area contributed by atoms with Crippen LogP contribution in [-0.4, -0.2) is 28.7 Å². The van der Waals surface area contributed by atoms with E-state index < -0.39 is 11.9 Å². The Hall–Kier alpha value is -3.01. The highest BCUT2D eigenvalue weighted by Gasteiger charge is 2.20. The monoisotopic (exact) mass is 361 g/mol. The number of aromatic nitrogens is 3.